The van der Waals surface area contributed by atoms with E-state index in [0.717, 1.165) is 156 Å². The number of carbonyl (C=O) groups excluding carboxylic acids is 2. The number of nitrogens with one attached hydrogen (secondary N) is 2. The summed E-state index contributed by atoms with van der Waals surface area (Å²) >= 11 is 13.8. The van der Waals surface area contributed by atoms with Crippen LogP contribution in [0.2, 0.25) is 0 Å². The fourth-order valence-corrected chi connectivity index (χ4v) is 11.3. The van der Waals surface area contributed by atoms with Gasteiger partial charge in [-0.15, -0.1) is 12.4 Å². The number of phenols is 1. The molecule has 4 heterocycles. The molecular weight excluding hydrogens is 1260 g/mol. The van der Waals surface area contributed by atoms with Crippen LogP contribution in [0.3, 0.4) is 0 Å². The van der Waals surface area contributed by atoms with Crippen molar-refractivity contribution in [3.05, 3.63) is 113 Å². The van der Waals surface area contributed by atoms with E-state index in [4.69, 9.17) is 28.4 Å². The number of methoxy groups -OCH3 is 3. The minimum Gasteiger partial charge on any atom is -0.507 e. The number of hydrogen-bond acceptors (Lipinski definition) is 11. The SMILES string of the molecule is CC(=O)N1CCC(Cc2ccc(Br)c(O)c2)CC1.COCCOc1cc(CC2CCNCC2)ccc1Br.COCOc1cc(CC2CCN(C(C)=O)CC2)ccc1Br.COCOc1cc(CC2CCNCC2)ccc1Br.Cl. The molecule has 4 fully saturated rings. The van der Waals surface area contributed by atoms with E-state index >= 15 is 0 Å². The standard InChI is InChI=1S/C16H22BrNO3.C15H22BrNO2.C14H20BrNO2.C14H18BrNO2.ClH/c1-12(19)18-7-5-13(6-8-18)9-14-3-4-15(17)16(10-14)21-11-20-2;1-18-8-9-19-15-11-13(2-3-14(15)16)10-12-4-6-17-7-5-12;1-17-10-18-14-9-12(2-3-13(14)15)8-11-4-6-16-7-5-11;1-10(17)16-6-4-11(5-7-16)8-12-2-3-13(15)14(18)9-12;/h3-4,10,13H,5-9,11H2,1-2H3;2-3,11-12,17H,4-10H2,1H3;2-3,9,11,16H,4-8,10H2,1H3;2-3,9,11,18H,4-8H2,1H3;1H. The minimum atomic E-state index is 0. The maximum Gasteiger partial charge on any atom is 0.219 e. The number of hydrogen-bond donors (Lipinski definition) is 3. The number of piperidine rings is 4. The number of ether oxygens (including phenoxy) is 6. The lowest BCUT2D eigenvalue weighted by molar-refractivity contribution is -0.131. The fourth-order valence-electron chi connectivity index (χ4n) is 9.93. The van der Waals surface area contributed by atoms with Gasteiger partial charge < -0.3 is 54.0 Å². The molecule has 18 heteroatoms. The number of carbonyl (C=O) groups is 2. The van der Waals surface area contributed by atoms with E-state index in [-0.39, 0.29) is 37.8 Å². The highest BCUT2D eigenvalue weighted by atomic mass is 79.9. The van der Waals surface area contributed by atoms with Crippen molar-refractivity contribution >= 4 is 87.9 Å². The van der Waals surface area contributed by atoms with Gasteiger partial charge in [0, 0.05) is 61.4 Å². The minimum absolute atomic E-state index is 0. The first kappa shape index (κ1) is 66.5. The second-order valence-corrected chi connectivity index (χ2v) is 23.5. The highest BCUT2D eigenvalue weighted by Gasteiger charge is 2.23. The van der Waals surface area contributed by atoms with E-state index in [1.807, 2.05) is 34.1 Å². The molecule has 0 saturated carbocycles. The van der Waals surface area contributed by atoms with E-state index in [9.17, 15) is 14.7 Å². The number of likely N-dealkylation sites (tertiary alicyclic amines) is 2. The highest BCUT2D eigenvalue weighted by molar-refractivity contribution is 9.11. The molecule has 0 spiro atoms. The molecule has 4 aromatic rings. The monoisotopic (exact) mass is 1340 g/mol. The number of benzene rings is 4. The Bertz CT molecular complexity index is 2340. The van der Waals surface area contributed by atoms with Crippen molar-refractivity contribution in [3.8, 4) is 23.0 Å². The summed E-state index contributed by atoms with van der Waals surface area (Å²) in [5.41, 5.74) is 5.14. The van der Waals surface area contributed by atoms with Gasteiger partial charge in [-0.05, 0) is 261 Å². The van der Waals surface area contributed by atoms with E-state index in [1.165, 1.54) is 42.4 Å². The number of aromatic hydroxyl groups is 1. The number of rotatable bonds is 18. The third kappa shape index (κ3) is 24.7. The predicted molar refractivity (Wildman–Crippen MR) is 324 cm³/mol. The van der Waals surface area contributed by atoms with Crippen LogP contribution in [-0.4, -0.2) is 127 Å². The quantitative estimate of drug-likeness (QED) is 0.0648. The average Bonchev–Trinajstić information content (AvgIpc) is 3.42. The summed E-state index contributed by atoms with van der Waals surface area (Å²) in [6.45, 7) is 13.1. The Morgan fingerprint density at radius 2 is 0.805 bits per heavy atom. The Morgan fingerprint density at radius 1 is 0.481 bits per heavy atom. The third-order valence-electron chi connectivity index (χ3n) is 14.3. The Hall–Kier alpha value is -2.97. The van der Waals surface area contributed by atoms with Crippen molar-refractivity contribution in [1.82, 2.24) is 20.4 Å². The van der Waals surface area contributed by atoms with Gasteiger partial charge in [0.25, 0.3) is 0 Å². The molecular formula is C59H83Br4ClN4O9. The van der Waals surface area contributed by atoms with Gasteiger partial charge in [-0.2, -0.15) is 0 Å². The molecule has 4 aromatic carbocycles. The second kappa shape index (κ2) is 37.1. The van der Waals surface area contributed by atoms with Crippen molar-refractivity contribution in [1.29, 1.82) is 0 Å². The van der Waals surface area contributed by atoms with Gasteiger partial charge in [0.05, 0.1) is 24.5 Å². The predicted octanol–water partition coefficient (Wildman–Crippen LogP) is 12.6. The zero-order valence-electron chi connectivity index (χ0n) is 45.7. The molecule has 8 rings (SSSR count). The number of halogens is 5. The number of phenolic OH excluding ortho intramolecular Hbond substituents is 1. The molecule has 0 bridgehead atoms. The van der Waals surface area contributed by atoms with E-state index in [0.29, 0.717) is 30.8 Å². The zero-order valence-corrected chi connectivity index (χ0v) is 52.9. The summed E-state index contributed by atoms with van der Waals surface area (Å²) in [6.07, 6.45) is 13.6. The summed E-state index contributed by atoms with van der Waals surface area (Å²) in [5, 5.41) is 16.5. The third-order valence-corrected chi connectivity index (χ3v) is 17.0. The molecule has 77 heavy (non-hydrogen) atoms. The van der Waals surface area contributed by atoms with Crippen molar-refractivity contribution in [2.24, 2.45) is 23.7 Å². The Kier molecular flexibility index (Phi) is 32.1. The molecule has 0 radical (unpaired) electrons. The van der Waals surface area contributed by atoms with Gasteiger partial charge >= 0.3 is 0 Å². The van der Waals surface area contributed by atoms with Gasteiger partial charge in [-0.25, -0.2) is 0 Å². The zero-order chi connectivity index (χ0) is 54.7. The Morgan fingerprint density at radius 3 is 1.13 bits per heavy atom. The topological polar surface area (TPSA) is 140 Å². The molecule has 4 aliphatic heterocycles. The van der Waals surface area contributed by atoms with Crippen LogP contribution >= 0.6 is 76.1 Å². The molecule has 13 nitrogen and oxygen atoms in total. The highest BCUT2D eigenvalue weighted by Crippen LogP contribution is 2.32. The first-order valence-corrected chi connectivity index (χ1v) is 30.0. The largest absolute Gasteiger partial charge is 0.507 e. The van der Waals surface area contributed by atoms with Gasteiger partial charge in [0.2, 0.25) is 11.8 Å². The van der Waals surface area contributed by atoms with Crippen LogP contribution in [0.15, 0.2) is 90.7 Å². The number of nitrogens with zero attached hydrogens (tertiary/aromatic N) is 2. The molecule has 4 aliphatic rings. The van der Waals surface area contributed by atoms with Crippen LogP contribution in [0.1, 0.15) is 87.5 Å². The van der Waals surface area contributed by atoms with Crippen LogP contribution < -0.4 is 24.8 Å². The maximum absolute atomic E-state index is 11.3. The number of amides is 2. The average molecular weight is 1350 g/mol. The van der Waals surface area contributed by atoms with E-state index < -0.39 is 0 Å². The van der Waals surface area contributed by atoms with E-state index in [2.05, 4.69) is 123 Å². The summed E-state index contributed by atoms with van der Waals surface area (Å²) in [4.78, 5) is 26.4. The van der Waals surface area contributed by atoms with Crippen LogP contribution in [-0.2, 0) is 49.5 Å². The Labute approximate surface area is 498 Å². The van der Waals surface area contributed by atoms with Crippen LogP contribution in [0.4, 0.5) is 0 Å². The van der Waals surface area contributed by atoms with Crippen LogP contribution in [0.25, 0.3) is 0 Å². The summed E-state index contributed by atoms with van der Waals surface area (Å²) in [7, 11) is 4.93. The molecule has 0 aliphatic carbocycles. The molecule has 2 amide bonds. The lowest BCUT2D eigenvalue weighted by Gasteiger charge is -2.31. The molecule has 0 aromatic heterocycles. The van der Waals surface area contributed by atoms with Gasteiger partial charge in [0.15, 0.2) is 13.6 Å². The van der Waals surface area contributed by atoms with Crippen LogP contribution in [0.5, 0.6) is 23.0 Å². The molecule has 428 valence electrons. The lowest BCUT2D eigenvalue weighted by atomic mass is 9.90. The van der Waals surface area contributed by atoms with Crippen molar-refractivity contribution in [2.75, 3.05) is 100 Å². The summed E-state index contributed by atoms with van der Waals surface area (Å²) in [5.74, 6) is 6.10. The molecule has 0 unspecified atom stereocenters. The molecule has 0 atom stereocenters. The molecule has 3 N–H and O–H groups in total. The van der Waals surface area contributed by atoms with Gasteiger partial charge in [0.1, 0.15) is 29.6 Å². The molecule has 4 saturated heterocycles. The summed E-state index contributed by atoms with van der Waals surface area (Å²) in [6, 6.07) is 24.7. The smallest absolute Gasteiger partial charge is 0.219 e. The van der Waals surface area contributed by atoms with Crippen molar-refractivity contribution in [3.63, 3.8) is 0 Å². The first-order chi connectivity index (χ1) is 36.7. The lowest BCUT2D eigenvalue weighted by Crippen LogP contribution is -2.37. The summed E-state index contributed by atoms with van der Waals surface area (Å²) < 4.78 is 35.4. The van der Waals surface area contributed by atoms with Gasteiger partial charge in [-0.1, -0.05) is 24.3 Å². The Balaban J connectivity index is 0.000000221. The fraction of sp³-hybridized carbons (Fsp3) is 0.559. The van der Waals surface area contributed by atoms with Crippen molar-refractivity contribution in [2.45, 2.75) is 90.9 Å². The second-order valence-electron chi connectivity index (χ2n) is 20.1. The van der Waals surface area contributed by atoms with Gasteiger partial charge in [-0.3, -0.25) is 9.59 Å². The van der Waals surface area contributed by atoms with E-state index in [1.54, 1.807) is 35.2 Å². The van der Waals surface area contributed by atoms with Crippen molar-refractivity contribution < 1.29 is 43.1 Å². The maximum atomic E-state index is 11.3. The normalized spacial score (nSPS) is 16.3. The first-order valence-electron chi connectivity index (χ1n) is 26.8. The van der Waals surface area contributed by atoms with Crippen LogP contribution in [0, 0.1) is 23.7 Å².